The first-order valence-corrected chi connectivity index (χ1v) is 4.77. The Morgan fingerprint density at radius 3 is 2.57 bits per heavy atom. The van der Waals surface area contributed by atoms with Crippen molar-refractivity contribution in [3.05, 3.63) is 11.8 Å². The van der Waals surface area contributed by atoms with Crippen LogP contribution in [0.15, 0.2) is 11.8 Å². The van der Waals surface area contributed by atoms with Gasteiger partial charge in [0.25, 0.3) is 5.91 Å². The lowest BCUT2D eigenvalue weighted by Crippen LogP contribution is -2.41. The standard InChI is InChI=1S/C10H16N2O2/c1-4-12-6-5-9(13)8(10(12)14)7-11(2)3/h7H,4-6H2,1-3H3/b8-7-. The topological polar surface area (TPSA) is 40.6 Å². The second kappa shape index (κ2) is 4.26. The number of ketones is 1. The van der Waals surface area contributed by atoms with Crippen LogP contribution in [0, 0.1) is 0 Å². The molecule has 0 bridgehead atoms. The van der Waals surface area contributed by atoms with Crippen LogP contribution in [-0.4, -0.2) is 48.7 Å². The summed E-state index contributed by atoms with van der Waals surface area (Å²) in [7, 11) is 3.61. The number of piperidine rings is 1. The van der Waals surface area contributed by atoms with Gasteiger partial charge in [-0.25, -0.2) is 0 Å². The lowest BCUT2D eigenvalue weighted by atomic mass is 10.0. The maximum Gasteiger partial charge on any atom is 0.258 e. The molecule has 1 fully saturated rings. The van der Waals surface area contributed by atoms with E-state index in [0.29, 0.717) is 25.1 Å². The maximum atomic E-state index is 11.7. The van der Waals surface area contributed by atoms with Crippen LogP contribution < -0.4 is 0 Å². The van der Waals surface area contributed by atoms with Crippen molar-refractivity contribution in [1.29, 1.82) is 0 Å². The molecule has 0 aromatic carbocycles. The highest BCUT2D eigenvalue weighted by Gasteiger charge is 2.28. The minimum atomic E-state index is -0.141. The lowest BCUT2D eigenvalue weighted by Gasteiger charge is -2.26. The predicted molar refractivity (Wildman–Crippen MR) is 53.6 cm³/mol. The molecule has 0 radical (unpaired) electrons. The molecule has 0 atom stereocenters. The van der Waals surface area contributed by atoms with Crippen LogP contribution >= 0.6 is 0 Å². The van der Waals surface area contributed by atoms with E-state index in [1.807, 2.05) is 6.92 Å². The molecule has 1 saturated heterocycles. The minimum Gasteiger partial charge on any atom is -0.383 e. The molecule has 1 amide bonds. The second-order valence-electron chi connectivity index (χ2n) is 3.56. The van der Waals surface area contributed by atoms with Gasteiger partial charge in [-0.1, -0.05) is 0 Å². The van der Waals surface area contributed by atoms with Crippen LogP contribution in [0.1, 0.15) is 13.3 Å². The molecule has 1 rings (SSSR count). The van der Waals surface area contributed by atoms with Crippen molar-refractivity contribution in [2.24, 2.45) is 0 Å². The summed E-state index contributed by atoms with van der Waals surface area (Å²) in [5.41, 5.74) is 0.308. The number of hydrogen-bond donors (Lipinski definition) is 0. The van der Waals surface area contributed by atoms with Gasteiger partial charge in [0, 0.05) is 39.8 Å². The van der Waals surface area contributed by atoms with Gasteiger partial charge in [-0.05, 0) is 6.92 Å². The molecular weight excluding hydrogens is 180 g/mol. The van der Waals surface area contributed by atoms with E-state index in [0.717, 1.165) is 0 Å². The third kappa shape index (κ3) is 2.13. The Morgan fingerprint density at radius 1 is 1.43 bits per heavy atom. The fourth-order valence-electron chi connectivity index (χ4n) is 1.45. The van der Waals surface area contributed by atoms with Crippen LogP contribution in [-0.2, 0) is 9.59 Å². The average molecular weight is 196 g/mol. The summed E-state index contributed by atoms with van der Waals surface area (Å²) in [6, 6.07) is 0. The smallest absolute Gasteiger partial charge is 0.258 e. The molecule has 14 heavy (non-hydrogen) atoms. The highest BCUT2D eigenvalue weighted by Crippen LogP contribution is 2.13. The van der Waals surface area contributed by atoms with E-state index in [-0.39, 0.29) is 11.7 Å². The van der Waals surface area contributed by atoms with Gasteiger partial charge < -0.3 is 9.80 Å². The van der Waals surface area contributed by atoms with Gasteiger partial charge in [-0.3, -0.25) is 9.59 Å². The van der Waals surface area contributed by atoms with Crippen LogP contribution in [0.3, 0.4) is 0 Å². The first kappa shape index (κ1) is 10.8. The quantitative estimate of drug-likeness (QED) is 0.469. The third-order valence-corrected chi connectivity index (χ3v) is 2.20. The predicted octanol–water partition coefficient (Wildman–Crippen LogP) is 0.253. The molecule has 0 aromatic rings. The number of likely N-dealkylation sites (tertiary alicyclic amines) is 1. The van der Waals surface area contributed by atoms with Crippen molar-refractivity contribution >= 4 is 11.7 Å². The zero-order chi connectivity index (χ0) is 10.7. The Bertz CT molecular complexity index is 282. The van der Waals surface area contributed by atoms with Gasteiger partial charge in [-0.15, -0.1) is 0 Å². The molecule has 4 nitrogen and oxygen atoms in total. The normalized spacial score (nSPS) is 20.5. The summed E-state index contributed by atoms with van der Waals surface area (Å²) in [6.07, 6.45) is 2.05. The zero-order valence-corrected chi connectivity index (χ0v) is 8.91. The molecular formula is C10H16N2O2. The third-order valence-electron chi connectivity index (χ3n) is 2.20. The van der Waals surface area contributed by atoms with Gasteiger partial charge in [0.05, 0.1) is 5.57 Å². The summed E-state index contributed by atoms with van der Waals surface area (Å²) in [4.78, 5) is 26.6. The van der Waals surface area contributed by atoms with E-state index in [9.17, 15) is 9.59 Å². The summed E-state index contributed by atoms with van der Waals surface area (Å²) in [5.74, 6) is -0.189. The Labute approximate surface area is 84.2 Å². The summed E-state index contributed by atoms with van der Waals surface area (Å²) >= 11 is 0. The fraction of sp³-hybridized carbons (Fsp3) is 0.600. The molecule has 1 aliphatic heterocycles. The van der Waals surface area contributed by atoms with Gasteiger partial charge in [0.2, 0.25) is 0 Å². The number of nitrogens with zero attached hydrogens (tertiary/aromatic N) is 2. The van der Waals surface area contributed by atoms with E-state index in [1.54, 1.807) is 30.1 Å². The Hall–Kier alpha value is -1.32. The van der Waals surface area contributed by atoms with Gasteiger partial charge in [0.1, 0.15) is 0 Å². The maximum absolute atomic E-state index is 11.7. The number of carbonyl (C=O) groups is 2. The lowest BCUT2D eigenvalue weighted by molar-refractivity contribution is -0.133. The molecule has 0 spiro atoms. The molecule has 0 aliphatic carbocycles. The first-order chi connectivity index (χ1) is 6.56. The zero-order valence-electron chi connectivity index (χ0n) is 8.91. The summed E-state index contributed by atoms with van der Waals surface area (Å²) < 4.78 is 0. The van der Waals surface area contributed by atoms with Crippen molar-refractivity contribution in [1.82, 2.24) is 9.80 Å². The van der Waals surface area contributed by atoms with Crippen LogP contribution in [0.4, 0.5) is 0 Å². The van der Waals surface area contributed by atoms with E-state index in [2.05, 4.69) is 0 Å². The van der Waals surface area contributed by atoms with Gasteiger partial charge in [0.15, 0.2) is 5.78 Å². The van der Waals surface area contributed by atoms with E-state index in [4.69, 9.17) is 0 Å². The van der Waals surface area contributed by atoms with Gasteiger partial charge >= 0.3 is 0 Å². The number of carbonyl (C=O) groups excluding carboxylic acids is 2. The highest BCUT2D eigenvalue weighted by molar-refractivity contribution is 6.20. The van der Waals surface area contributed by atoms with Crippen LogP contribution in [0.5, 0.6) is 0 Å². The second-order valence-corrected chi connectivity index (χ2v) is 3.56. The monoisotopic (exact) mass is 196 g/mol. The molecule has 4 heteroatoms. The average Bonchev–Trinajstić information content (AvgIpc) is 2.12. The van der Waals surface area contributed by atoms with Gasteiger partial charge in [-0.2, -0.15) is 0 Å². The van der Waals surface area contributed by atoms with Crippen molar-refractivity contribution in [2.75, 3.05) is 27.2 Å². The Morgan fingerprint density at radius 2 is 2.07 bits per heavy atom. The van der Waals surface area contributed by atoms with Crippen molar-refractivity contribution in [3.63, 3.8) is 0 Å². The molecule has 0 saturated carbocycles. The molecule has 0 unspecified atom stereocenters. The van der Waals surface area contributed by atoms with Crippen molar-refractivity contribution in [2.45, 2.75) is 13.3 Å². The van der Waals surface area contributed by atoms with E-state index < -0.39 is 0 Å². The first-order valence-electron chi connectivity index (χ1n) is 4.77. The fourth-order valence-corrected chi connectivity index (χ4v) is 1.45. The number of Topliss-reactive ketones (excluding diaryl/α,β-unsaturated/α-hetero) is 1. The van der Waals surface area contributed by atoms with E-state index in [1.165, 1.54) is 0 Å². The van der Waals surface area contributed by atoms with E-state index >= 15 is 0 Å². The van der Waals surface area contributed by atoms with Crippen molar-refractivity contribution < 1.29 is 9.59 Å². The number of likely N-dealkylation sites (N-methyl/N-ethyl adjacent to an activating group) is 1. The number of rotatable bonds is 2. The highest BCUT2D eigenvalue weighted by atomic mass is 16.2. The van der Waals surface area contributed by atoms with Crippen LogP contribution in [0.25, 0.3) is 0 Å². The Kier molecular flexibility index (Phi) is 3.28. The van der Waals surface area contributed by atoms with Crippen molar-refractivity contribution in [3.8, 4) is 0 Å². The largest absolute Gasteiger partial charge is 0.383 e. The molecule has 0 N–H and O–H groups in total. The minimum absolute atomic E-state index is 0.0478. The van der Waals surface area contributed by atoms with Crippen LogP contribution in [0.2, 0.25) is 0 Å². The number of amides is 1. The number of hydrogen-bond acceptors (Lipinski definition) is 3. The molecule has 0 aromatic heterocycles. The summed E-state index contributed by atoms with van der Waals surface area (Å²) in [6.45, 7) is 3.14. The molecule has 78 valence electrons. The summed E-state index contributed by atoms with van der Waals surface area (Å²) in [5, 5.41) is 0. The molecule has 1 heterocycles. The SMILES string of the molecule is CCN1CCC(=O)/C(=C/N(C)C)C1=O. The molecule has 1 aliphatic rings. The Balaban J connectivity index is 2.90.